The van der Waals surface area contributed by atoms with Crippen LogP contribution >= 0.6 is 24.8 Å². The SMILES string of the molecule is Cl.Cl.NC(=O)C(N)c1ccccc1. The smallest absolute Gasteiger partial charge is 0.238 e. The maximum Gasteiger partial charge on any atom is 0.238 e. The van der Waals surface area contributed by atoms with Crippen molar-refractivity contribution in [2.75, 3.05) is 0 Å². The van der Waals surface area contributed by atoms with E-state index in [-0.39, 0.29) is 24.8 Å². The average Bonchev–Trinajstić information content (AvgIpc) is 2.05. The Bertz CT molecular complexity index is 254. The van der Waals surface area contributed by atoms with Gasteiger partial charge in [-0.1, -0.05) is 30.3 Å². The highest BCUT2D eigenvalue weighted by Crippen LogP contribution is 2.07. The summed E-state index contributed by atoms with van der Waals surface area (Å²) in [5, 5.41) is 0. The molecule has 4 N–H and O–H groups in total. The third-order valence-corrected chi connectivity index (χ3v) is 1.47. The molecule has 0 fully saturated rings. The first-order valence-corrected chi connectivity index (χ1v) is 3.31. The normalized spacial score (nSPS) is 10.5. The molecule has 1 aromatic carbocycles. The molecule has 0 aliphatic rings. The zero-order chi connectivity index (χ0) is 8.27. The van der Waals surface area contributed by atoms with Crippen LogP contribution in [0.15, 0.2) is 30.3 Å². The quantitative estimate of drug-likeness (QED) is 0.785. The molecular formula is C8H12Cl2N2O. The second kappa shape index (κ2) is 6.71. The van der Waals surface area contributed by atoms with Crippen LogP contribution in [-0.2, 0) is 4.79 Å². The lowest BCUT2D eigenvalue weighted by molar-refractivity contribution is -0.119. The number of hydrogen-bond acceptors (Lipinski definition) is 2. The molecule has 5 heteroatoms. The van der Waals surface area contributed by atoms with Gasteiger partial charge in [0.05, 0.1) is 0 Å². The molecule has 0 spiro atoms. The summed E-state index contributed by atoms with van der Waals surface area (Å²) in [6, 6.07) is 8.36. The minimum Gasteiger partial charge on any atom is -0.368 e. The van der Waals surface area contributed by atoms with Gasteiger partial charge in [0.2, 0.25) is 5.91 Å². The van der Waals surface area contributed by atoms with E-state index in [4.69, 9.17) is 11.5 Å². The van der Waals surface area contributed by atoms with Gasteiger partial charge in [0.15, 0.2) is 0 Å². The van der Waals surface area contributed by atoms with Gasteiger partial charge in [-0.25, -0.2) is 0 Å². The van der Waals surface area contributed by atoms with Crippen molar-refractivity contribution in [1.82, 2.24) is 0 Å². The molecule has 13 heavy (non-hydrogen) atoms. The summed E-state index contributed by atoms with van der Waals surface area (Å²) in [5.41, 5.74) is 11.2. The highest BCUT2D eigenvalue weighted by molar-refractivity contribution is 5.85. The van der Waals surface area contributed by atoms with Gasteiger partial charge >= 0.3 is 0 Å². The van der Waals surface area contributed by atoms with Gasteiger partial charge in [-0.15, -0.1) is 24.8 Å². The van der Waals surface area contributed by atoms with E-state index in [1.807, 2.05) is 18.2 Å². The highest BCUT2D eigenvalue weighted by atomic mass is 35.5. The lowest BCUT2D eigenvalue weighted by atomic mass is 10.1. The summed E-state index contributed by atoms with van der Waals surface area (Å²) in [6.07, 6.45) is 0. The van der Waals surface area contributed by atoms with Crippen LogP contribution in [0.1, 0.15) is 11.6 Å². The van der Waals surface area contributed by atoms with Crippen LogP contribution in [0.25, 0.3) is 0 Å². The molecule has 0 saturated heterocycles. The zero-order valence-electron chi connectivity index (χ0n) is 6.84. The van der Waals surface area contributed by atoms with Crippen molar-refractivity contribution in [2.45, 2.75) is 6.04 Å². The minimum absolute atomic E-state index is 0. The fourth-order valence-corrected chi connectivity index (χ4v) is 0.825. The molecule has 0 heterocycles. The van der Waals surface area contributed by atoms with E-state index < -0.39 is 11.9 Å². The van der Waals surface area contributed by atoms with Crippen LogP contribution in [0.2, 0.25) is 0 Å². The molecule has 1 amide bonds. The maximum absolute atomic E-state index is 10.6. The highest BCUT2D eigenvalue weighted by Gasteiger charge is 2.09. The summed E-state index contributed by atoms with van der Waals surface area (Å²) in [5.74, 6) is -0.504. The number of carbonyl (C=O) groups is 1. The number of carbonyl (C=O) groups excluding carboxylic acids is 1. The predicted octanol–water partition coefficient (Wildman–Crippen LogP) is 1.02. The molecule has 0 aliphatic heterocycles. The van der Waals surface area contributed by atoms with Crippen molar-refractivity contribution in [3.8, 4) is 0 Å². The van der Waals surface area contributed by atoms with E-state index in [2.05, 4.69) is 0 Å². The minimum atomic E-state index is -0.684. The van der Waals surface area contributed by atoms with Crippen molar-refractivity contribution in [3.63, 3.8) is 0 Å². The Morgan fingerprint density at radius 3 is 2.00 bits per heavy atom. The fourth-order valence-electron chi connectivity index (χ4n) is 0.825. The predicted molar refractivity (Wildman–Crippen MR) is 57.1 cm³/mol. The van der Waals surface area contributed by atoms with Gasteiger partial charge in [-0.3, -0.25) is 4.79 Å². The fraction of sp³-hybridized carbons (Fsp3) is 0.125. The zero-order valence-corrected chi connectivity index (χ0v) is 8.48. The molecule has 1 atom stereocenters. The first-order valence-electron chi connectivity index (χ1n) is 3.31. The van der Waals surface area contributed by atoms with E-state index in [1.165, 1.54) is 0 Å². The van der Waals surface area contributed by atoms with Crippen molar-refractivity contribution in [2.24, 2.45) is 11.5 Å². The standard InChI is InChI=1S/C8H10N2O.2ClH/c9-7(8(10)11)6-4-2-1-3-5-6;;/h1-5,7H,9H2,(H2,10,11);2*1H. The van der Waals surface area contributed by atoms with Gasteiger partial charge in [0, 0.05) is 0 Å². The summed E-state index contributed by atoms with van der Waals surface area (Å²) in [7, 11) is 0. The number of hydrogen-bond donors (Lipinski definition) is 2. The van der Waals surface area contributed by atoms with Crippen molar-refractivity contribution < 1.29 is 4.79 Å². The molecule has 0 aromatic heterocycles. The van der Waals surface area contributed by atoms with Gasteiger partial charge in [0.1, 0.15) is 6.04 Å². The van der Waals surface area contributed by atoms with E-state index in [9.17, 15) is 4.79 Å². The summed E-state index contributed by atoms with van der Waals surface area (Å²) >= 11 is 0. The number of benzene rings is 1. The Kier molecular flexibility index (Phi) is 7.61. The Hall–Kier alpha value is -0.770. The van der Waals surface area contributed by atoms with Crippen LogP contribution in [0, 0.1) is 0 Å². The number of nitrogens with two attached hydrogens (primary N) is 2. The lowest BCUT2D eigenvalue weighted by Crippen LogP contribution is -2.27. The van der Waals surface area contributed by atoms with E-state index >= 15 is 0 Å². The van der Waals surface area contributed by atoms with Gasteiger partial charge in [-0.2, -0.15) is 0 Å². The second-order valence-corrected chi connectivity index (χ2v) is 2.29. The molecule has 0 bridgehead atoms. The molecular weight excluding hydrogens is 211 g/mol. The van der Waals surface area contributed by atoms with E-state index in [1.54, 1.807) is 12.1 Å². The Balaban J connectivity index is 0. The number of primary amides is 1. The molecule has 74 valence electrons. The summed E-state index contributed by atoms with van der Waals surface area (Å²) in [6.45, 7) is 0. The van der Waals surface area contributed by atoms with Crippen LogP contribution in [-0.4, -0.2) is 5.91 Å². The van der Waals surface area contributed by atoms with Crippen LogP contribution in [0.4, 0.5) is 0 Å². The van der Waals surface area contributed by atoms with Crippen LogP contribution in [0.5, 0.6) is 0 Å². The lowest BCUT2D eigenvalue weighted by Gasteiger charge is -2.05. The Labute approximate surface area is 89.3 Å². The first-order chi connectivity index (χ1) is 5.22. The topological polar surface area (TPSA) is 69.1 Å². The van der Waals surface area contributed by atoms with Crippen molar-refractivity contribution in [3.05, 3.63) is 35.9 Å². The average molecular weight is 223 g/mol. The van der Waals surface area contributed by atoms with Gasteiger partial charge < -0.3 is 11.5 Å². The largest absolute Gasteiger partial charge is 0.368 e. The summed E-state index contributed by atoms with van der Waals surface area (Å²) in [4.78, 5) is 10.6. The number of amides is 1. The van der Waals surface area contributed by atoms with Gasteiger partial charge in [0.25, 0.3) is 0 Å². The third-order valence-electron chi connectivity index (χ3n) is 1.47. The molecule has 0 radical (unpaired) electrons. The maximum atomic E-state index is 10.6. The molecule has 1 unspecified atom stereocenters. The first kappa shape index (κ1) is 14.7. The molecule has 1 rings (SSSR count). The Morgan fingerprint density at radius 2 is 1.62 bits per heavy atom. The second-order valence-electron chi connectivity index (χ2n) is 2.29. The molecule has 0 aliphatic carbocycles. The monoisotopic (exact) mass is 222 g/mol. The van der Waals surface area contributed by atoms with Crippen molar-refractivity contribution in [1.29, 1.82) is 0 Å². The van der Waals surface area contributed by atoms with Crippen LogP contribution in [0.3, 0.4) is 0 Å². The van der Waals surface area contributed by atoms with E-state index in [0.717, 1.165) is 5.56 Å². The summed E-state index contributed by atoms with van der Waals surface area (Å²) < 4.78 is 0. The number of halogens is 2. The van der Waals surface area contributed by atoms with Gasteiger partial charge in [-0.05, 0) is 5.56 Å². The number of rotatable bonds is 2. The molecule has 3 nitrogen and oxygen atoms in total. The molecule has 1 aromatic rings. The Morgan fingerprint density at radius 1 is 1.15 bits per heavy atom. The van der Waals surface area contributed by atoms with Crippen LogP contribution < -0.4 is 11.5 Å². The third kappa shape index (κ3) is 4.12. The molecule has 0 saturated carbocycles. The van der Waals surface area contributed by atoms with Crippen molar-refractivity contribution >= 4 is 30.7 Å². The van der Waals surface area contributed by atoms with E-state index in [0.29, 0.717) is 0 Å².